The van der Waals surface area contributed by atoms with Crippen molar-refractivity contribution >= 4 is 16.8 Å². The molecule has 0 bridgehead atoms. The van der Waals surface area contributed by atoms with Crippen molar-refractivity contribution in [2.24, 2.45) is 0 Å². The van der Waals surface area contributed by atoms with Crippen LogP contribution in [0, 0.1) is 6.92 Å². The van der Waals surface area contributed by atoms with Crippen molar-refractivity contribution in [2.75, 3.05) is 14.2 Å². The number of methoxy groups -OCH3 is 2. The van der Waals surface area contributed by atoms with E-state index in [4.69, 9.17) is 9.47 Å². The van der Waals surface area contributed by atoms with Gasteiger partial charge in [0, 0.05) is 41.5 Å². The third-order valence-corrected chi connectivity index (χ3v) is 5.55. The normalized spacial score (nSPS) is 10.8. The Hall–Kier alpha value is -4.13. The van der Waals surface area contributed by atoms with Crippen molar-refractivity contribution < 1.29 is 14.3 Å². The number of nitrogens with one attached hydrogen (secondary N) is 1. The van der Waals surface area contributed by atoms with Crippen LogP contribution >= 0.6 is 0 Å². The summed E-state index contributed by atoms with van der Waals surface area (Å²) in [7, 11) is 3.11. The van der Waals surface area contributed by atoms with Gasteiger partial charge in [-0.3, -0.25) is 14.6 Å². The van der Waals surface area contributed by atoms with E-state index >= 15 is 0 Å². The van der Waals surface area contributed by atoms with Crippen molar-refractivity contribution in [3.63, 3.8) is 0 Å². The number of amides is 1. The summed E-state index contributed by atoms with van der Waals surface area (Å²) in [6, 6.07) is 16.5. The Morgan fingerprint density at radius 1 is 1.00 bits per heavy atom. The first-order chi connectivity index (χ1) is 16.0. The van der Waals surface area contributed by atoms with Gasteiger partial charge in [0.05, 0.1) is 26.3 Å². The Balaban J connectivity index is 1.75. The fourth-order valence-corrected chi connectivity index (χ4v) is 3.80. The SMILES string of the molecule is COc1cc2cc(CN(Cc3cccnc3)C(=O)c3ccccc3C)c(=O)[nH]c2cc1OC. The van der Waals surface area contributed by atoms with E-state index in [9.17, 15) is 9.59 Å². The third-order valence-electron chi connectivity index (χ3n) is 5.55. The minimum atomic E-state index is -0.261. The topological polar surface area (TPSA) is 84.5 Å². The molecule has 0 fully saturated rings. The molecule has 1 amide bonds. The maximum Gasteiger partial charge on any atom is 0.254 e. The average molecular weight is 444 g/mol. The summed E-state index contributed by atoms with van der Waals surface area (Å²) in [6.45, 7) is 2.37. The molecule has 0 saturated carbocycles. The number of aromatic amines is 1. The quantitative estimate of drug-likeness (QED) is 0.465. The summed E-state index contributed by atoms with van der Waals surface area (Å²) in [5, 5.41) is 0.784. The van der Waals surface area contributed by atoms with E-state index in [1.165, 1.54) is 0 Å². The molecule has 0 radical (unpaired) electrons. The smallest absolute Gasteiger partial charge is 0.254 e. The molecule has 0 aliphatic carbocycles. The van der Waals surface area contributed by atoms with Gasteiger partial charge in [-0.25, -0.2) is 0 Å². The lowest BCUT2D eigenvalue weighted by molar-refractivity contribution is 0.0728. The minimum Gasteiger partial charge on any atom is -0.493 e. The third kappa shape index (κ3) is 4.72. The predicted octanol–water partition coefficient (Wildman–Crippen LogP) is 4.09. The van der Waals surface area contributed by atoms with Crippen LogP contribution in [0.1, 0.15) is 27.0 Å². The molecule has 7 nitrogen and oxygen atoms in total. The standard InChI is InChI=1S/C26H25N3O4/c1-17-7-4-5-9-21(17)26(31)29(15-18-8-6-10-27-14-18)16-20-11-19-12-23(32-2)24(33-3)13-22(19)28-25(20)30/h4-14H,15-16H2,1-3H3,(H,28,30). The molecule has 0 spiro atoms. The number of nitrogens with zero attached hydrogens (tertiary/aromatic N) is 2. The van der Waals surface area contributed by atoms with Gasteiger partial charge < -0.3 is 19.4 Å². The molecule has 1 N–H and O–H groups in total. The van der Waals surface area contributed by atoms with Crippen LogP contribution in [-0.4, -0.2) is 35.0 Å². The Bertz CT molecular complexity index is 1350. The first-order valence-electron chi connectivity index (χ1n) is 10.5. The second-order valence-corrected chi connectivity index (χ2v) is 7.76. The van der Waals surface area contributed by atoms with Gasteiger partial charge in [0.2, 0.25) is 0 Å². The molecule has 2 heterocycles. The van der Waals surface area contributed by atoms with E-state index in [0.717, 1.165) is 16.5 Å². The highest BCUT2D eigenvalue weighted by molar-refractivity contribution is 5.95. The van der Waals surface area contributed by atoms with E-state index < -0.39 is 0 Å². The van der Waals surface area contributed by atoms with Crippen LogP contribution in [0.15, 0.2) is 71.8 Å². The monoisotopic (exact) mass is 443 g/mol. The Labute approximate surface area is 191 Å². The second-order valence-electron chi connectivity index (χ2n) is 7.76. The number of H-pyrrole nitrogens is 1. The van der Waals surface area contributed by atoms with Crippen LogP contribution in [0.5, 0.6) is 11.5 Å². The van der Waals surface area contributed by atoms with Crippen LogP contribution < -0.4 is 15.0 Å². The summed E-state index contributed by atoms with van der Waals surface area (Å²) in [4.78, 5) is 35.1. The number of carbonyl (C=O) groups excluding carboxylic acids is 1. The average Bonchev–Trinajstić information content (AvgIpc) is 2.83. The van der Waals surface area contributed by atoms with Gasteiger partial charge in [-0.05, 0) is 42.3 Å². The number of aryl methyl sites for hydroxylation is 1. The van der Waals surface area contributed by atoms with E-state index in [1.807, 2.05) is 43.3 Å². The fourth-order valence-electron chi connectivity index (χ4n) is 3.80. The summed E-state index contributed by atoms with van der Waals surface area (Å²) >= 11 is 0. The highest BCUT2D eigenvalue weighted by atomic mass is 16.5. The first-order valence-corrected chi connectivity index (χ1v) is 10.5. The number of rotatable bonds is 7. The zero-order chi connectivity index (χ0) is 23.4. The molecule has 0 saturated heterocycles. The van der Waals surface area contributed by atoms with Gasteiger partial charge >= 0.3 is 0 Å². The van der Waals surface area contributed by atoms with Gasteiger partial charge in [-0.1, -0.05) is 24.3 Å². The summed E-state index contributed by atoms with van der Waals surface area (Å²) in [6.07, 6.45) is 3.41. The molecule has 0 unspecified atom stereocenters. The zero-order valence-electron chi connectivity index (χ0n) is 18.8. The maximum atomic E-state index is 13.5. The lowest BCUT2D eigenvalue weighted by Gasteiger charge is -2.24. The molecule has 7 heteroatoms. The Morgan fingerprint density at radius 2 is 1.76 bits per heavy atom. The van der Waals surface area contributed by atoms with Crippen LogP contribution in [0.4, 0.5) is 0 Å². The maximum absolute atomic E-state index is 13.5. The predicted molar refractivity (Wildman–Crippen MR) is 127 cm³/mol. The van der Waals surface area contributed by atoms with Crippen molar-refractivity contribution in [2.45, 2.75) is 20.0 Å². The molecule has 2 aromatic heterocycles. The molecule has 0 aliphatic rings. The van der Waals surface area contributed by atoms with Crippen molar-refractivity contribution in [1.29, 1.82) is 0 Å². The number of fused-ring (bicyclic) bond motifs is 1. The number of aromatic nitrogens is 2. The second kappa shape index (κ2) is 9.56. The van der Waals surface area contributed by atoms with Gasteiger partial charge in [0.15, 0.2) is 11.5 Å². The summed E-state index contributed by atoms with van der Waals surface area (Å²) in [5.74, 6) is 0.941. The summed E-state index contributed by atoms with van der Waals surface area (Å²) in [5.41, 5.74) is 3.20. The fraction of sp³-hybridized carbons (Fsp3) is 0.192. The van der Waals surface area contributed by atoms with E-state index in [0.29, 0.717) is 34.7 Å². The van der Waals surface area contributed by atoms with E-state index in [2.05, 4.69) is 9.97 Å². The number of pyridine rings is 2. The molecule has 2 aromatic carbocycles. The zero-order valence-corrected chi connectivity index (χ0v) is 18.8. The molecule has 0 aliphatic heterocycles. The highest BCUT2D eigenvalue weighted by Gasteiger charge is 2.20. The summed E-state index contributed by atoms with van der Waals surface area (Å²) < 4.78 is 10.7. The van der Waals surface area contributed by atoms with Gasteiger partial charge in [0.1, 0.15) is 0 Å². The van der Waals surface area contributed by atoms with Crippen molar-refractivity contribution in [3.05, 3.63) is 99.6 Å². The number of ether oxygens (including phenoxy) is 2. The van der Waals surface area contributed by atoms with Gasteiger partial charge in [-0.2, -0.15) is 0 Å². The Morgan fingerprint density at radius 3 is 2.45 bits per heavy atom. The van der Waals surface area contributed by atoms with E-state index in [-0.39, 0.29) is 18.0 Å². The van der Waals surface area contributed by atoms with Crippen molar-refractivity contribution in [1.82, 2.24) is 14.9 Å². The number of carbonyl (C=O) groups is 1. The Kier molecular flexibility index (Phi) is 6.40. The number of hydrogen-bond donors (Lipinski definition) is 1. The first kappa shape index (κ1) is 22.1. The lowest BCUT2D eigenvalue weighted by atomic mass is 10.1. The van der Waals surface area contributed by atoms with Crippen LogP contribution in [0.25, 0.3) is 10.9 Å². The van der Waals surface area contributed by atoms with Crippen molar-refractivity contribution in [3.8, 4) is 11.5 Å². The number of benzene rings is 2. The van der Waals surface area contributed by atoms with Crippen LogP contribution in [-0.2, 0) is 13.1 Å². The molecule has 4 rings (SSSR count). The molecule has 33 heavy (non-hydrogen) atoms. The molecule has 4 aromatic rings. The molecular weight excluding hydrogens is 418 g/mol. The minimum absolute atomic E-state index is 0.141. The lowest BCUT2D eigenvalue weighted by Crippen LogP contribution is -2.33. The van der Waals surface area contributed by atoms with E-state index in [1.54, 1.807) is 49.7 Å². The van der Waals surface area contributed by atoms with Gasteiger partial charge in [-0.15, -0.1) is 0 Å². The highest BCUT2D eigenvalue weighted by Crippen LogP contribution is 2.31. The van der Waals surface area contributed by atoms with Crippen LogP contribution in [0.3, 0.4) is 0 Å². The van der Waals surface area contributed by atoms with Gasteiger partial charge in [0.25, 0.3) is 11.5 Å². The number of hydrogen-bond acceptors (Lipinski definition) is 5. The molecule has 0 atom stereocenters. The molecule has 168 valence electrons. The largest absolute Gasteiger partial charge is 0.493 e. The molecular formula is C26H25N3O4. The van der Waals surface area contributed by atoms with Crippen LogP contribution in [0.2, 0.25) is 0 Å².